The van der Waals surface area contributed by atoms with E-state index in [1.165, 1.54) is 12.7 Å². The number of halogens is 3. The van der Waals surface area contributed by atoms with Gasteiger partial charge in [-0.25, -0.2) is 15.0 Å². The zero-order valence-corrected chi connectivity index (χ0v) is 9.22. The van der Waals surface area contributed by atoms with Crippen molar-refractivity contribution in [1.82, 2.24) is 19.9 Å². The Balaban J connectivity index is 2.31. The van der Waals surface area contributed by atoms with Crippen molar-refractivity contribution in [3.8, 4) is 0 Å². The summed E-state index contributed by atoms with van der Waals surface area (Å²) in [6.45, 7) is -0.506. The average molecular weight is 263 g/mol. The number of rotatable bonds is 3. The van der Waals surface area contributed by atoms with Gasteiger partial charge in [0, 0.05) is 6.54 Å². The zero-order chi connectivity index (χ0) is 12.5. The number of thioether (sulfide) groups is 1. The molecular formula is C8H8F3N5S. The van der Waals surface area contributed by atoms with Crippen molar-refractivity contribution >= 4 is 22.9 Å². The summed E-state index contributed by atoms with van der Waals surface area (Å²) in [6, 6.07) is 0. The molecule has 3 N–H and O–H groups in total. The van der Waals surface area contributed by atoms with Crippen molar-refractivity contribution in [2.24, 2.45) is 5.73 Å². The van der Waals surface area contributed by atoms with Gasteiger partial charge in [0.1, 0.15) is 22.1 Å². The van der Waals surface area contributed by atoms with E-state index >= 15 is 0 Å². The molecule has 2 aromatic rings. The van der Waals surface area contributed by atoms with E-state index in [4.69, 9.17) is 5.73 Å². The van der Waals surface area contributed by atoms with E-state index in [0.717, 1.165) is 0 Å². The van der Waals surface area contributed by atoms with E-state index in [2.05, 4.69) is 19.9 Å². The molecule has 2 aromatic heterocycles. The summed E-state index contributed by atoms with van der Waals surface area (Å²) < 4.78 is 37.7. The molecule has 0 aliphatic rings. The Hall–Kier alpha value is -1.35. The molecule has 2 heterocycles. The van der Waals surface area contributed by atoms with Gasteiger partial charge in [0.2, 0.25) is 0 Å². The van der Waals surface area contributed by atoms with Crippen LogP contribution in [-0.2, 0) is 0 Å². The molecule has 0 radical (unpaired) electrons. The van der Waals surface area contributed by atoms with E-state index in [9.17, 15) is 13.2 Å². The van der Waals surface area contributed by atoms with E-state index in [-0.39, 0.29) is 5.03 Å². The normalized spacial score (nSPS) is 14.1. The van der Waals surface area contributed by atoms with Gasteiger partial charge in [0.05, 0.1) is 6.33 Å². The number of aromatic nitrogens is 4. The highest BCUT2D eigenvalue weighted by Crippen LogP contribution is 2.35. The Kier molecular flexibility index (Phi) is 3.20. The molecule has 2 rings (SSSR count). The highest BCUT2D eigenvalue weighted by atomic mass is 32.2. The van der Waals surface area contributed by atoms with Gasteiger partial charge in [0.15, 0.2) is 5.65 Å². The van der Waals surface area contributed by atoms with Gasteiger partial charge in [0.25, 0.3) is 0 Å². The molecule has 0 saturated carbocycles. The lowest BCUT2D eigenvalue weighted by Gasteiger charge is -2.17. The van der Waals surface area contributed by atoms with Crippen LogP contribution in [0.25, 0.3) is 11.2 Å². The molecule has 0 aliphatic carbocycles. The van der Waals surface area contributed by atoms with Crippen LogP contribution in [0.5, 0.6) is 0 Å². The van der Waals surface area contributed by atoms with E-state index in [1.807, 2.05) is 0 Å². The first-order valence-corrected chi connectivity index (χ1v) is 5.48. The van der Waals surface area contributed by atoms with Crippen molar-refractivity contribution in [2.75, 3.05) is 6.54 Å². The standard InChI is InChI=1S/C8H8F3N5S/c9-8(10,11)4(1-12)17-7-5-6(14-2-13-5)15-3-16-7/h2-4H,1,12H2,(H,13,14,15,16). The smallest absolute Gasteiger partial charge is 0.341 e. The topological polar surface area (TPSA) is 80.5 Å². The molecule has 0 saturated heterocycles. The number of nitrogens with two attached hydrogens (primary N) is 1. The summed E-state index contributed by atoms with van der Waals surface area (Å²) in [7, 11) is 0. The number of hydrogen-bond donors (Lipinski definition) is 2. The number of fused-ring (bicyclic) bond motifs is 1. The highest BCUT2D eigenvalue weighted by molar-refractivity contribution is 8.00. The second-order valence-electron chi connectivity index (χ2n) is 3.16. The van der Waals surface area contributed by atoms with Gasteiger partial charge in [-0.2, -0.15) is 13.2 Å². The molecule has 0 amide bonds. The summed E-state index contributed by atoms with van der Waals surface area (Å²) in [5, 5.41) is -1.50. The molecule has 0 fully saturated rings. The number of nitrogens with one attached hydrogen (secondary N) is 1. The molecular weight excluding hydrogens is 255 g/mol. The molecule has 9 heteroatoms. The number of nitrogens with zero attached hydrogens (tertiary/aromatic N) is 3. The maximum absolute atomic E-state index is 12.6. The van der Waals surface area contributed by atoms with Crippen LogP contribution in [0.4, 0.5) is 13.2 Å². The molecule has 0 aromatic carbocycles. The zero-order valence-electron chi connectivity index (χ0n) is 8.40. The summed E-state index contributed by atoms with van der Waals surface area (Å²) in [6.07, 6.45) is -1.83. The molecule has 0 bridgehead atoms. The van der Waals surface area contributed by atoms with E-state index in [0.29, 0.717) is 22.9 Å². The van der Waals surface area contributed by atoms with E-state index in [1.54, 1.807) is 0 Å². The lowest BCUT2D eigenvalue weighted by Crippen LogP contribution is -2.33. The number of alkyl halides is 3. The summed E-state index contributed by atoms with van der Waals surface area (Å²) in [5.74, 6) is 0. The summed E-state index contributed by atoms with van der Waals surface area (Å²) >= 11 is 0.557. The quantitative estimate of drug-likeness (QED) is 0.645. The third-order valence-electron chi connectivity index (χ3n) is 2.02. The van der Waals surface area contributed by atoms with Gasteiger partial charge in [-0.1, -0.05) is 11.8 Å². The molecule has 17 heavy (non-hydrogen) atoms. The fourth-order valence-electron chi connectivity index (χ4n) is 1.22. The molecule has 92 valence electrons. The highest BCUT2D eigenvalue weighted by Gasteiger charge is 2.40. The first-order chi connectivity index (χ1) is 8.02. The van der Waals surface area contributed by atoms with Gasteiger partial charge >= 0.3 is 6.18 Å². The molecule has 5 nitrogen and oxygen atoms in total. The van der Waals surface area contributed by atoms with Gasteiger partial charge in [-0.05, 0) is 0 Å². The minimum Gasteiger partial charge on any atom is -0.341 e. The van der Waals surface area contributed by atoms with Gasteiger partial charge in [-0.3, -0.25) is 0 Å². The third-order valence-corrected chi connectivity index (χ3v) is 3.30. The minimum atomic E-state index is -4.36. The fourth-order valence-corrected chi connectivity index (χ4v) is 2.09. The fraction of sp³-hybridized carbons (Fsp3) is 0.375. The van der Waals surface area contributed by atoms with Crippen molar-refractivity contribution in [3.05, 3.63) is 12.7 Å². The van der Waals surface area contributed by atoms with Crippen LogP contribution in [0.15, 0.2) is 17.7 Å². The Morgan fingerprint density at radius 1 is 1.35 bits per heavy atom. The van der Waals surface area contributed by atoms with Crippen LogP contribution in [0.1, 0.15) is 0 Å². The van der Waals surface area contributed by atoms with Crippen molar-refractivity contribution < 1.29 is 13.2 Å². The van der Waals surface area contributed by atoms with Gasteiger partial charge in [-0.15, -0.1) is 0 Å². The third kappa shape index (κ3) is 2.50. The number of aromatic amines is 1. The minimum absolute atomic E-state index is 0.195. The molecule has 0 spiro atoms. The molecule has 1 unspecified atom stereocenters. The number of H-pyrrole nitrogens is 1. The summed E-state index contributed by atoms with van der Waals surface area (Å²) in [4.78, 5) is 14.2. The first kappa shape index (κ1) is 12.1. The predicted octanol–water partition coefficient (Wildman–Crippen LogP) is 1.33. The van der Waals surface area contributed by atoms with Crippen LogP contribution in [0, 0.1) is 0 Å². The number of imidazole rings is 1. The second kappa shape index (κ2) is 4.49. The van der Waals surface area contributed by atoms with Crippen LogP contribution in [0.3, 0.4) is 0 Å². The van der Waals surface area contributed by atoms with E-state index < -0.39 is 18.0 Å². The van der Waals surface area contributed by atoms with Crippen molar-refractivity contribution in [2.45, 2.75) is 16.5 Å². The van der Waals surface area contributed by atoms with Crippen LogP contribution in [-0.4, -0.2) is 37.9 Å². The summed E-state index contributed by atoms with van der Waals surface area (Å²) in [5.41, 5.74) is 5.84. The second-order valence-corrected chi connectivity index (χ2v) is 4.36. The average Bonchev–Trinajstić information content (AvgIpc) is 2.72. The van der Waals surface area contributed by atoms with Crippen molar-refractivity contribution in [3.63, 3.8) is 0 Å². The van der Waals surface area contributed by atoms with Crippen LogP contribution < -0.4 is 5.73 Å². The SMILES string of the molecule is NCC(Sc1ncnc2nc[nH]c12)C(F)(F)F. The Morgan fingerprint density at radius 2 is 2.12 bits per heavy atom. The lowest BCUT2D eigenvalue weighted by atomic mass is 10.4. The maximum Gasteiger partial charge on any atom is 0.402 e. The molecule has 1 atom stereocenters. The number of hydrogen-bond acceptors (Lipinski definition) is 5. The lowest BCUT2D eigenvalue weighted by molar-refractivity contribution is -0.126. The first-order valence-electron chi connectivity index (χ1n) is 4.60. The Morgan fingerprint density at radius 3 is 2.76 bits per heavy atom. The largest absolute Gasteiger partial charge is 0.402 e. The maximum atomic E-state index is 12.6. The van der Waals surface area contributed by atoms with Crippen molar-refractivity contribution in [1.29, 1.82) is 0 Å². The van der Waals surface area contributed by atoms with Gasteiger partial charge < -0.3 is 10.7 Å². The monoisotopic (exact) mass is 263 g/mol. The molecule has 0 aliphatic heterocycles. The Bertz CT molecular complexity index is 511. The predicted molar refractivity (Wildman–Crippen MR) is 56.4 cm³/mol. The van der Waals surface area contributed by atoms with Crippen LogP contribution in [0.2, 0.25) is 0 Å². The van der Waals surface area contributed by atoms with Crippen LogP contribution >= 0.6 is 11.8 Å². The Labute approximate surface area is 98.0 Å².